The number of hydrogen-bond acceptors (Lipinski definition) is 0. The second kappa shape index (κ2) is 2.45. The Morgan fingerprint density at radius 1 is 1.40 bits per heavy atom. The Kier molecular flexibility index (Phi) is 1.80. The van der Waals surface area contributed by atoms with Crippen molar-refractivity contribution in [3.8, 4) is 0 Å². The minimum absolute atomic E-state index is 0.440. The average Bonchev–Trinajstić information content (AvgIpc) is 2.64. The highest BCUT2D eigenvalue weighted by Gasteiger charge is 2.39. The van der Waals surface area contributed by atoms with Crippen molar-refractivity contribution >= 4 is 0 Å². The van der Waals surface area contributed by atoms with Gasteiger partial charge in [0, 0.05) is 0 Å². The summed E-state index contributed by atoms with van der Waals surface area (Å²) < 4.78 is 0. The molecule has 0 aromatic rings. The summed E-state index contributed by atoms with van der Waals surface area (Å²) in [5.74, 6) is 0. The standard InChI is InChI=1S/C10H14/c1-4-6-9(5-2)10(3)7-8-10/h4-6H,1-2,7-8H2,3H3/b9-6+. The fourth-order valence-electron chi connectivity index (χ4n) is 1.12. The van der Waals surface area contributed by atoms with E-state index in [-0.39, 0.29) is 0 Å². The molecule has 0 atom stereocenters. The van der Waals surface area contributed by atoms with Crippen molar-refractivity contribution in [2.24, 2.45) is 5.41 Å². The molecule has 0 spiro atoms. The molecule has 0 aromatic heterocycles. The lowest BCUT2D eigenvalue weighted by Gasteiger charge is -2.07. The maximum absolute atomic E-state index is 3.77. The second-order valence-electron chi connectivity index (χ2n) is 3.12. The molecule has 1 fully saturated rings. The van der Waals surface area contributed by atoms with E-state index in [4.69, 9.17) is 0 Å². The van der Waals surface area contributed by atoms with Crippen molar-refractivity contribution in [3.05, 3.63) is 37.0 Å². The summed E-state index contributed by atoms with van der Waals surface area (Å²) in [6.45, 7) is 9.70. The zero-order chi connectivity index (χ0) is 7.61. The fraction of sp³-hybridized carbons (Fsp3) is 0.400. The van der Waals surface area contributed by atoms with Crippen LogP contribution < -0.4 is 0 Å². The van der Waals surface area contributed by atoms with Gasteiger partial charge in [0.25, 0.3) is 0 Å². The van der Waals surface area contributed by atoms with E-state index in [0.717, 1.165) is 0 Å². The summed E-state index contributed by atoms with van der Waals surface area (Å²) in [6.07, 6.45) is 8.44. The largest absolute Gasteiger partial charge is 0.0991 e. The molecule has 1 aliphatic carbocycles. The molecule has 10 heavy (non-hydrogen) atoms. The van der Waals surface area contributed by atoms with Crippen molar-refractivity contribution in [1.82, 2.24) is 0 Å². The first-order valence-corrected chi connectivity index (χ1v) is 3.68. The van der Waals surface area contributed by atoms with Crippen molar-refractivity contribution in [2.45, 2.75) is 19.8 Å². The van der Waals surface area contributed by atoms with Crippen LogP contribution in [0.3, 0.4) is 0 Å². The Hall–Kier alpha value is -0.780. The van der Waals surface area contributed by atoms with E-state index >= 15 is 0 Å². The van der Waals surface area contributed by atoms with Crippen LogP contribution in [0.25, 0.3) is 0 Å². The molecule has 0 radical (unpaired) electrons. The van der Waals surface area contributed by atoms with Gasteiger partial charge in [0.2, 0.25) is 0 Å². The maximum atomic E-state index is 3.77. The SMILES string of the molecule is C=C/C=C(\C=C)C1(C)CC1. The van der Waals surface area contributed by atoms with Gasteiger partial charge in [-0.15, -0.1) is 0 Å². The smallest absolute Gasteiger partial charge is 0.00748 e. The molecule has 0 nitrogen and oxygen atoms in total. The van der Waals surface area contributed by atoms with Gasteiger partial charge in [-0.05, 0) is 23.8 Å². The van der Waals surface area contributed by atoms with Crippen LogP contribution in [-0.4, -0.2) is 0 Å². The van der Waals surface area contributed by atoms with E-state index in [2.05, 4.69) is 26.2 Å². The molecule has 0 heterocycles. The van der Waals surface area contributed by atoms with Crippen LogP contribution in [-0.2, 0) is 0 Å². The molecule has 54 valence electrons. The van der Waals surface area contributed by atoms with Crippen molar-refractivity contribution in [1.29, 1.82) is 0 Å². The summed E-state index contributed by atoms with van der Waals surface area (Å²) in [7, 11) is 0. The van der Waals surface area contributed by atoms with Gasteiger partial charge in [-0.3, -0.25) is 0 Å². The summed E-state index contributed by atoms with van der Waals surface area (Å²) in [6, 6.07) is 0. The third-order valence-electron chi connectivity index (χ3n) is 2.21. The van der Waals surface area contributed by atoms with E-state index < -0.39 is 0 Å². The van der Waals surface area contributed by atoms with Gasteiger partial charge in [0.05, 0.1) is 0 Å². The molecule has 1 saturated carbocycles. The maximum Gasteiger partial charge on any atom is -0.00748 e. The van der Waals surface area contributed by atoms with Gasteiger partial charge in [-0.25, -0.2) is 0 Å². The van der Waals surface area contributed by atoms with Gasteiger partial charge in [0.1, 0.15) is 0 Å². The lowest BCUT2D eigenvalue weighted by molar-refractivity contribution is 0.710. The quantitative estimate of drug-likeness (QED) is 0.520. The van der Waals surface area contributed by atoms with Crippen molar-refractivity contribution in [2.75, 3.05) is 0 Å². The zero-order valence-corrected chi connectivity index (χ0v) is 6.56. The highest BCUT2D eigenvalue weighted by Crippen LogP contribution is 2.51. The molecule has 0 unspecified atom stereocenters. The first kappa shape index (κ1) is 7.33. The molecule has 0 saturated heterocycles. The Balaban J connectivity index is 2.74. The summed E-state index contributed by atoms with van der Waals surface area (Å²) >= 11 is 0. The highest BCUT2D eigenvalue weighted by atomic mass is 14.4. The van der Waals surface area contributed by atoms with E-state index in [9.17, 15) is 0 Å². The molecular formula is C10H14. The van der Waals surface area contributed by atoms with E-state index in [1.165, 1.54) is 18.4 Å². The van der Waals surface area contributed by atoms with Gasteiger partial charge in [-0.1, -0.05) is 38.3 Å². The summed E-state index contributed by atoms with van der Waals surface area (Å²) in [5, 5.41) is 0. The van der Waals surface area contributed by atoms with Gasteiger partial charge >= 0.3 is 0 Å². The van der Waals surface area contributed by atoms with Gasteiger partial charge in [-0.2, -0.15) is 0 Å². The first-order chi connectivity index (χ1) is 4.73. The predicted octanol–water partition coefficient (Wildman–Crippen LogP) is 3.08. The molecule has 1 aliphatic rings. The highest BCUT2D eigenvalue weighted by molar-refractivity contribution is 5.32. The molecule has 0 N–H and O–H groups in total. The van der Waals surface area contributed by atoms with E-state index in [1.807, 2.05) is 12.2 Å². The van der Waals surface area contributed by atoms with Crippen molar-refractivity contribution in [3.63, 3.8) is 0 Å². The molecule has 0 amide bonds. The van der Waals surface area contributed by atoms with Crippen LogP contribution in [0.4, 0.5) is 0 Å². The van der Waals surface area contributed by atoms with Crippen LogP contribution in [0.2, 0.25) is 0 Å². The van der Waals surface area contributed by atoms with Crippen LogP contribution in [0, 0.1) is 5.41 Å². The zero-order valence-electron chi connectivity index (χ0n) is 6.56. The number of hydrogen-bond donors (Lipinski definition) is 0. The number of allylic oxidation sites excluding steroid dienone is 4. The minimum Gasteiger partial charge on any atom is -0.0991 e. The monoisotopic (exact) mass is 134 g/mol. The molecule has 1 rings (SSSR count). The molecule has 0 aliphatic heterocycles. The topological polar surface area (TPSA) is 0 Å². The normalized spacial score (nSPS) is 21.9. The Bertz CT molecular complexity index is 180. The number of rotatable bonds is 3. The summed E-state index contributed by atoms with van der Waals surface area (Å²) in [5.41, 5.74) is 1.78. The Morgan fingerprint density at radius 2 is 2.00 bits per heavy atom. The van der Waals surface area contributed by atoms with Crippen LogP contribution >= 0.6 is 0 Å². The first-order valence-electron chi connectivity index (χ1n) is 3.68. The molecule has 0 aromatic carbocycles. The Morgan fingerprint density at radius 3 is 2.30 bits per heavy atom. The van der Waals surface area contributed by atoms with Crippen LogP contribution in [0.5, 0.6) is 0 Å². The summed E-state index contributed by atoms with van der Waals surface area (Å²) in [4.78, 5) is 0. The molecule has 0 heteroatoms. The minimum atomic E-state index is 0.440. The average molecular weight is 134 g/mol. The van der Waals surface area contributed by atoms with Gasteiger partial charge in [0.15, 0.2) is 0 Å². The van der Waals surface area contributed by atoms with Crippen LogP contribution in [0.1, 0.15) is 19.8 Å². The Labute approximate surface area is 62.9 Å². The predicted molar refractivity (Wildman–Crippen MR) is 45.8 cm³/mol. The van der Waals surface area contributed by atoms with Crippen molar-refractivity contribution < 1.29 is 0 Å². The fourth-order valence-corrected chi connectivity index (χ4v) is 1.12. The van der Waals surface area contributed by atoms with E-state index in [1.54, 1.807) is 0 Å². The third-order valence-corrected chi connectivity index (χ3v) is 2.21. The molecular weight excluding hydrogens is 120 g/mol. The van der Waals surface area contributed by atoms with Gasteiger partial charge < -0.3 is 0 Å². The second-order valence-corrected chi connectivity index (χ2v) is 3.12. The lowest BCUT2D eigenvalue weighted by atomic mass is 9.98. The molecule has 0 bridgehead atoms. The van der Waals surface area contributed by atoms with Crippen LogP contribution in [0.15, 0.2) is 37.0 Å². The third kappa shape index (κ3) is 1.21. The van der Waals surface area contributed by atoms with E-state index in [0.29, 0.717) is 5.41 Å². The lowest BCUT2D eigenvalue weighted by Crippen LogP contribution is -1.94.